The Bertz CT molecular complexity index is 1060. The third kappa shape index (κ3) is 6.75. The first kappa shape index (κ1) is 25.1. The molecule has 2 aromatic carbocycles. The third-order valence-corrected chi connectivity index (χ3v) is 5.56. The van der Waals surface area contributed by atoms with Crippen molar-refractivity contribution in [3.63, 3.8) is 0 Å². The Morgan fingerprint density at radius 3 is 2.48 bits per heavy atom. The van der Waals surface area contributed by atoms with Crippen LogP contribution < -0.4 is 10.6 Å². The lowest BCUT2D eigenvalue weighted by Gasteiger charge is -2.34. The molecular weight excluding hydrogens is 550 g/mol. The van der Waals surface area contributed by atoms with Crippen molar-refractivity contribution < 1.29 is 27.5 Å². The molecule has 1 heterocycles. The van der Waals surface area contributed by atoms with E-state index < -0.39 is 46.7 Å². The topological polar surface area (TPSA) is 70.7 Å². The third-order valence-electron chi connectivity index (χ3n) is 4.89. The van der Waals surface area contributed by atoms with Crippen molar-refractivity contribution in [2.75, 3.05) is 18.4 Å². The first-order chi connectivity index (χ1) is 15.4. The highest BCUT2D eigenvalue weighted by Crippen LogP contribution is 2.28. The summed E-state index contributed by atoms with van der Waals surface area (Å²) in [5.41, 5.74) is -1.33. The maximum absolute atomic E-state index is 14.7. The zero-order valence-corrected chi connectivity index (χ0v) is 20.6. The number of carbonyl (C=O) groups is 2. The van der Waals surface area contributed by atoms with E-state index >= 15 is 0 Å². The molecule has 2 aromatic rings. The predicted molar refractivity (Wildman–Crippen MR) is 127 cm³/mol. The molecular formula is C23H25F3IN3O3. The molecule has 33 heavy (non-hydrogen) atoms. The van der Waals surface area contributed by atoms with Crippen molar-refractivity contribution in [1.29, 1.82) is 0 Å². The highest BCUT2D eigenvalue weighted by atomic mass is 127. The van der Waals surface area contributed by atoms with E-state index in [0.29, 0.717) is 29.0 Å². The summed E-state index contributed by atoms with van der Waals surface area (Å²) in [5, 5.41) is 5.32. The monoisotopic (exact) mass is 575 g/mol. The molecule has 3 rings (SSSR count). The molecule has 0 saturated carbocycles. The van der Waals surface area contributed by atoms with Gasteiger partial charge in [0, 0.05) is 28.8 Å². The van der Waals surface area contributed by atoms with Gasteiger partial charge in [-0.1, -0.05) is 0 Å². The molecule has 0 aliphatic carbocycles. The number of hydrogen-bond acceptors (Lipinski definition) is 4. The van der Waals surface area contributed by atoms with Gasteiger partial charge in [0.1, 0.15) is 23.1 Å². The van der Waals surface area contributed by atoms with E-state index in [0.717, 1.165) is 6.07 Å². The van der Waals surface area contributed by atoms with Crippen LogP contribution in [0.5, 0.6) is 0 Å². The molecule has 0 radical (unpaired) electrons. The highest BCUT2D eigenvalue weighted by Gasteiger charge is 2.30. The SMILES string of the molecule is CC(C)(C)OC(=O)N1CCCC(NC(=O)c2c(F)cc(F)cc2Nc2ccc(I)cc2F)C1. The van der Waals surface area contributed by atoms with Crippen LogP contribution in [-0.4, -0.2) is 41.6 Å². The Hall–Kier alpha value is -2.50. The molecule has 1 aliphatic rings. The van der Waals surface area contributed by atoms with Crippen LogP contribution in [0.2, 0.25) is 0 Å². The van der Waals surface area contributed by atoms with E-state index in [2.05, 4.69) is 10.6 Å². The summed E-state index contributed by atoms with van der Waals surface area (Å²) in [4.78, 5) is 26.8. The van der Waals surface area contributed by atoms with Gasteiger partial charge < -0.3 is 20.3 Å². The smallest absolute Gasteiger partial charge is 0.410 e. The molecule has 2 N–H and O–H groups in total. The van der Waals surface area contributed by atoms with Gasteiger partial charge >= 0.3 is 6.09 Å². The number of benzene rings is 2. The molecule has 0 aromatic heterocycles. The first-order valence-electron chi connectivity index (χ1n) is 10.4. The molecule has 1 atom stereocenters. The number of anilines is 2. The van der Waals surface area contributed by atoms with Gasteiger partial charge in [-0.05, 0) is 80.5 Å². The summed E-state index contributed by atoms with van der Waals surface area (Å²) in [6.45, 7) is 5.95. The normalized spacial score (nSPS) is 16.3. The molecule has 10 heteroatoms. The summed E-state index contributed by atoms with van der Waals surface area (Å²) in [7, 11) is 0. The summed E-state index contributed by atoms with van der Waals surface area (Å²) in [6.07, 6.45) is 0.697. The Morgan fingerprint density at radius 1 is 1.09 bits per heavy atom. The Kier molecular flexibility index (Phi) is 7.76. The van der Waals surface area contributed by atoms with Crippen LogP contribution in [0.3, 0.4) is 0 Å². The van der Waals surface area contributed by atoms with Crippen molar-refractivity contribution in [1.82, 2.24) is 10.2 Å². The van der Waals surface area contributed by atoms with Crippen LogP contribution in [0.4, 0.5) is 29.3 Å². The van der Waals surface area contributed by atoms with Crippen molar-refractivity contribution in [2.45, 2.75) is 45.3 Å². The number of ether oxygens (including phenoxy) is 1. The Balaban J connectivity index is 1.78. The van der Waals surface area contributed by atoms with Gasteiger partial charge in [0.15, 0.2) is 0 Å². The lowest BCUT2D eigenvalue weighted by molar-refractivity contribution is 0.0185. The molecule has 1 saturated heterocycles. The molecule has 2 amide bonds. The molecule has 178 valence electrons. The van der Waals surface area contributed by atoms with Gasteiger partial charge in [0.25, 0.3) is 5.91 Å². The Morgan fingerprint density at radius 2 is 1.82 bits per heavy atom. The summed E-state index contributed by atoms with van der Waals surface area (Å²) in [5.74, 6) is -3.41. The zero-order chi connectivity index (χ0) is 24.3. The minimum absolute atomic E-state index is 0.0248. The Labute approximate surface area is 204 Å². The average Bonchev–Trinajstić information content (AvgIpc) is 2.68. The average molecular weight is 575 g/mol. The lowest BCUT2D eigenvalue weighted by Crippen LogP contribution is -2.50. The molecule has 1 aliphatic heterocycles. The van der Waals surface area contributed by atoms with Gasteiger partial charge in [-0.25, -0.2) is 18.0 Å². The quantitative estimate of drug-likeness (QED) is 0.468. The van der Waals surface area contributed by atoms with Crippen LogP contribution >= 0.6 is 22.6 Å². The van der Waals surface area contributed by atoms with Crippen molar-refractivity contribution in [3.05, 3.63) is 56.9 Å². The van der Waals surface area contributed by atoms with Crippen molar-refractivity contribution >= 4 is 46.0 Å². The van der Waals surface area contributed by atoms with E-state index in [1.165, 1.54) is 17.0 Å². The fraction of sp³-hybridized carbons (Fsp3) is 0.391. The van der Waals surface area contributed by atoms with E-state index in [4.69, 9.17) is 4.74 Å². The zero-order valence-electron chi connectivity index (χ0n) is 18.5. The highest BCUT2D eigenvalue weighted by molar-refractivity contribution is 14.1. The first-order valence-corrected chi connectivity index (χ1v) is 11.5. The number of carbonyl (C=O) groups excluding carboxylic acids is 2. The van der Waals surface area contributed by atoms with E-state index in [1.807, 2.05) is 22.6 Å². The van der Waals surface area contributed by atoms with Crippen molar-refractivity contribution in [3.8, 4) is 0 Å². The molecule has 1 unspecified atom stereocenters. The summed E-state index contributed by atoms with van der Waals surface area (Å²) >= 11 is 1.94. The second-order valence-electron chi connectivity index (χ2n) is 8.80. The van der Waals surface area contributed by atoms with Crippen LogP contribution in [0.1, 0.15) is 44.0 Å². The fourth-order valence-corrected chi connectivity index (χ4v) is 3.94. The second-order valence-corrected chi connectivity index (χ2v) is 10.0. The maximum atomic E-state index is 14.7. The number of hydrogen-bond donors (Lipinski definition) is 2. The van der Waals surface area contributed by atoms with Gasteiger partial charge in [-0.2, -0.15) is 0 Å². The van der Waals surface area contributed by atoms with E-state index in [-0.39, 0.29) is 17.9 Å². The lowest BCUT2D eigenvalue weighted by atomic mass is 10.0. The van der Waals surface area contributed by atoms with Gasteiger partial charge in [0.2, 0.25) is 0 Å². The van der Waals surface area contributed by atoms with Crippen LogP contribution in [0, 0.1) is 21.0 Å². The standard InChI is InChI=1S/C23H25F3IN3O3/c1-23(2,3)33-22(32)30-8-4-5-15(12-30)28-21(31)20-17(26)9-13(24)10-19(20)29-18-7-6-14(27)11-16(18)25/h6-7,9-11,15,29H,4-5,8,12H2,1-3H3,(H,28,31). The number of nitrogens with one attached hydrogen (secondary N) is 2. The van der Waals surface area contributed by atoms with Crippen LogP contribution in [-0.2, 0) is 4.74 Å². The number of halogens is 4. The largest absolute Gasteiger partial charge is 0.444 e. The number of rotatable bonds is 4. The number of likely N-dealkylation sites (tertiary alicyclic amines) is 1. The van der Waals surface area contributed by atoms with Gasteiger partial charge in [0.05, 0.1) is 16.9 Å². The van der Waals surface area contributed by atoms with Crippen molar-refractivity contribution in [2.24, 2.45) is 0 Å². The number of piperidine rings is 1. The van der Waals surface area contributed by atoms with E-state index in [1.54, 1.807) is 26.8 Å². The van der Waals surface area contributed by atoms with Crippen LogP contribution in [0.15, 0.2) is 30.3 Å². The van der Waals surface area contributed by atoms with Gasteiger partial charge in [-0.15, -0.1) is 0 Å². The second kappa shape index (κ2) is 10.2. The van der Waals surface area contributed by atoms with Gasteiger partial charge in [-0.3, -0.25) is 4.79 Å². The maximum Gasteiger partial charge on any atom is 0.410 e. The van der Waals surface area contributed by atoms with E-state index in [9.17, 15) is 22.8 Å². The number of nitrogens with zero attached hydrogens (tertiary/aromatic N) is 1. The van der Waals surface area contributed by atoms with Crippen LogP contribution in [0.25, 0.3) is 0 Å². The molecule has 6 nitrogen and oxygen atoms in total. The minimum atomic E-state index is -1.08. The summed E-state index contributed by atoms with van der Waals surface area (Å²) in [6, 6.07) is 5.37. The minimum Gasteiger partial charge on any atom is -0.444 e. The molecule has 1 fully saturated rings. The number of amides is 2. The molecule has 0 bridgehead atoms. The fourth-order valence-electron chi connectivity index (χ4n) is 3.48. The predicted octanol–water partition coefficient (Wildman–Crippen LogP) is 5.58. The summed E-state index contributed by atoms with van der Waals surface area (Å²) < 4.78 is 48.9. The molecule has 0 spiro atoms.